The molecule has 0 atom stereocenters. The summed E-state index contributed by atoms with van der Waals surface area (Å²) < 4.78 is 1.05. The summed E-state index contributed by atoms with van der Waals surface area (Å²) in [6.45, 7) is 0. The summed E-state index contributed by atoms with van der Waals surface area (Å²) in [5.41, 5.74) is 2.48. The first-order chi connectivity index (χ1) is 8.72. The van der Waals surface area contributed by atoms with Gasteiger partial charge in [-0.3, -0.25) is 4.79 Å². The molecule has 0 bridgehead atoms. The van der Waals surface area contributed by atoms with Crippen LogP contribution in [-0.2, 0) is 19.3 Å². The predicted molar refractivity (Wildman–Crippen MR) is 78.5 cm³/mol. The highest BCUT2D eigenvalue weighted by Gasteiger charge is 2.18. The second kappa shape index (κ2) is 4.98. The molecular weight excluding hydrogens is 308 g/mol. The molecule has 1 aliphatic rings. The molecule has 18 heavy (non-hydrogen) atoms. The Morgan fingerprint density at radius 2 is 2.00 bits per heavy atom. The molecule has 1 nitrogen and oxygen atoms in total. The van der Waals surface area contributed by atoms with E-state index < -0.39 is 0 Å². The van der Waals surface area contributed by atoms with Crippen LogP contribution in [0.4, 0.5) is 0 Å². The van der Waals surface area contributed by atoms with E-state index in [1.807, 2.05) is 24.3 Å². The van der Waals surface area contributed by atoms with Crippen molar-refractivity contribution in [1.82, 2.24) is 0 Å². The highest BCUT2D eigenvalue weighted by molar-refractivity contribution is 9.10. The van der Waals surface area contributed by atoms with Crippen molar-refractivity contribution in [3.05, 3.63) is 55.7 Å². The third kappa shape index (κ3) is 2.43. The lowest BCUT2D eigenvalue weighted by Gasteiger charge is -1.99. The van der Waals surface area contributed by atoms with Gasteiger partial charge in [0.2, 0.25) is 0 Å². The van der Waals surface area contributed by atoms with Crippen LogP contribution in [0.2, 0.25) is 0 Å². The molecule has 1 aliphatic carbocycles. The van der Waals surface area contributed by atoms with Crippen LogP contribution in [0.3, 0.4) is 0 Å². The van der Waals surface area contributed by atoms with Crippen molar-refractivity contribution in [1.29, 1.82) is 0 Å². The Bertz CT molecular complexity index is 562. The Kier molecular flexibility index (Phi) is 3.35. The Morgan fingerprint density at radius 3 is 2.72 bits per heavy atom. The molecule has 3 rings (SSSR count). The maximum atomic E-state index is 12.2. The van der Waals surface area contributed by atoms with E-state index >= 15 is 0 Å². The van der Waals surface area contributed by atoms with Crippen molar-refractivity contribution >= 4 is 33.0 Å². The van der Waals surface area contributed by atoms with Gasteiger partial charge in [-0.2, -0.15) is 0 Å². The van der Waals surface area contributed by atoms with Gasteiger partial charge in [0, 0.05) is 15.8 Å². The molecule has 0 saturated heterocycles. The fourth-order valence-corrected chi connectivity index (χ4v) is 3.80. The first-order valence-electron chi connectivity index (χ1n) is 6.11. The normalized spacial score (nSPS) is 13.6. The summed E-state index contributed by atoms with van der Waals surface area (Å²) in [6, 6.07) is 10.1. The second-order valence-corrected chi connectivity index (χ2v) is 6.69. The quantitative estimate of drug-likeness (QED) is 0.765. The second-order valence-electron chi connectivity index (χ2n) is 4.64. The minimum Gasteiger partial charge on any atom is -0.293 e. The maximum Gasteiger partial charge on any atom is 0.177 e. The van der Waals surface area contributed by atoms with Crippen LogP contribution >= 0.6 is 27.3 Å². The van der Waals surface area contributed by atoms with Gasteiger partial charge in [0.15, 0.2) is 5.78 Å². The molecule has 0 spiro atoms. The van der Waals surface area contributed by atoms with Crippen molar-refractivity contribution in [2.45, 2.75) is 25.7 Å². The lowest BCUT2D eigenvalue weighted by molar-refractivity contribution is 0.0997. The zero-order valence-corrected chi connectivity index (χ0v) is 12.3. The van der Waals surface area contributed by atoms with E-state index in [0.717, 1.165) is 27.8 Å². The lowest BCUT2D eigenvalue weighted by Crippen LogP contribution is -2.01. The summed E-state index contributed by atoms with van der Waals surface area (Å²) >= 11 is 5.10. The van der Waals surface area contributed by atoms with Gasteiger partial charge in [-0.25, -0.2) is 0 Å². The van der Waals surface area contributed by atoms with E-state index in [2.05, 4.69) is 22.0 Å². The summed E-state index contributed by atoms with van der Waals surface area (Å²) in [7, 11) is 0. The Balaban J connectivity index is 1.76. The zero-order chi connectivity index (χ0) is 12.5. The highest BCUT2D eigenvalue weighted by atomic mass is 79.9. The molecular formula is C15H13BrOS. The predicted octanol–water partition coefficient (Wildman–Crippen LogP) is 4.42. The molecule has 0 saturated carbocycles. The number of hydrogen-bond acceptors (Lipinski definition) is 2. The van der Waals surface area contributed by atoms with Crippen LogP contribution in [0.15, 0.2) is 34.8 Å². The monoisotopic (exact) mass is 320 g/mol. The van der Waals surface area contributed by atoms with Gasteiger partial charge in [0.1, 0.15) is 0 Å². The fourth-order valence-electron chi connectivity index (χ4n) is 2.34. The number of hydrogen-bond donors (Lipinski definition) is 0. The highest BCUT2D eigenvalue weighted by Crippen LogP contribution is 2.31. The molecule has 0 unspecified atom stereocenters. The third-order valence-corrected chi connectivity index (χ3v) is 5.11. The molecule has 0 radical (unpaired) electrons. The van der Waals surface area contributed by atoms with Crippen molar-refractivity contribution in [2.75, 3.05) is 0 Å². The fraction of sp³-hybridized carbons (Fsp3) is 0.267. The number of halogens is 1. The molecule has 2 aromatic rings. The molecule has 1 heterocycles. The number of benzene rings is 1. The maximum absolute atomic E-state index is 12.2. The average molecular weight is 321 g/mol. The molecule has 0 N–H and O–H groups in total. The summed E-state index contributed by atoms with van der Waals surface area (Å²) in [5.74, 6) is 0.247. The van der Waals surface area contributed by atoms with Crippen LogP contribution in [0.1, 0.15) is 32.1 Å². The molecule has 0 fully saturated rings. The molecule has 0 amide bonds. The van der Waals surface area contributed by atoms with Crippen molar-refractivity contribution in [3.8, 4) is 0 Å². The van der Waals surface area contributed by atoms with Gasteiger partial charge in [-0.05, 0) is 48.6 Å². The molecule has 3 heteroatoms. The van der Waals surface area contributed by atoms with Gasteiger partial charge in [-0.15, -0.1) is 11.3 Å². The molecule has 92 valence electrons. The average Bonchev–Trinajstić information content (AvgIpc) is 2.92. The molecule has 1 aromatic heterocycles. The number of rotatable bonds is 3. The third-order valence-electron chi connectivity index (χ3n) is 3.30. The first-order valence-corrected chi connectivity index (χ1v) is 7.72. The largest absolute Gasteiger partial charge is 0.293 e. The van der Waals surface area contributed by atoms with E-state index in [1.165, 1.54) is 16.9 Å². The number of fused-ring (bicyclic) bond motifs is 1. The zero-order valence-electron chi connectivity index (χ0n) is 9.91. The standard InChI is InChI=1S/C15H13BrOS/c16-12-6-4-10(5-7-12)8-13(17)15-9-11-2-1-3-14(11)18-15/h4-7,9H,1-3,8H2. The van der Waals surface area contributed by atoms with E-state index in [0.29, 0.717) is 6.42 Å². The number of Topliss-reactive ketones (excluding diaryl/α,β-unsaturated/α-hetero) is 1. The van der Waals surface area contributed by atoms with Gasteiger partial charge in [0.05, 0.1) is 4.88 Å². The van der Waals surface area contributed by atoms with Crippen molar-refractivity contribution in [2.24, 2.45) is 0 Å². The smallest absolute Gasteiger partial charge is 0.177 e. The van der Waals surface area contributed by atoms with Gasteiger partial charge in [0.25, 0.3) is 0 Å². The van der Waals surface area contributed by atoms with Crippen LogP contribution in [-0.4, -0.2) is 5.78 Å². The Morgan fingerprint density at radius 1 is 1.22 bits per heavy atom. The number of aryl methyl sites for hydroxylation is 2. The topological polar surface area (TPSA) is 17.1 Å². The van der Waals surface area contributed by atoms with Crippen LogP contribution in [0.5, 0.6) is 0 Å². The number of thiophene rings is 1. The minimum atomic E-state index is 0.247. The lowest BCUT2D eigenvalue weighted by atomic mass is 10.1. The number of carbonyl (C=O) groups is 1. The van der Waals surface area contributed by atoms with E-state index in [1.54, 1.807) is 11.3 Å². The van der Waals surface area contributed by atoms with Gasteiger partial charge < -0.3 is 0 Å². The summed E-state index contributed by atoms with van der Waals surface area (Å²) in [4.78, 5) is 14.6. The van der Waals surface area contributed by atoms with Gasteiger partial charge in [-0.1, -0.05) is 28.1 Å². The summed E-state index contributed by atoms with van der Waals surface area (Å²) in [6.07, 6.45) is 4.07. The van der Waals surface area contributed by atoms with E-state index in [9.17, 15) is 4.79 Å². The number of ketones is 1. The Hall–Kier alpha value is -0.930. The summed E-state index contributed by atoms with van der Waals surface area (Å²) in [5, 5.41) is 0. The van der Waals surface area contributed by atoms with Crippen LogP contribution in [0.25, 0.3) is 0 Å². The number of carbonyl (C=O) groups excluding carboxylic acids is 1. The Labute approximate surface area is 119 Å². The SMILES string of the molecule is O=C(Cc1ccc(Br)cc1)c1cc2c(s1)CCC2. The first kappa shape index (κ1) is 12.1. The van der Waals surface area contributed by atoms with Crippen LogP contribution in [0, 0.1) is 0 Å². The molecule has 1 aromatic carbocycles. The molecule has 0 aliphatic heterocycles. The van der Waals surface area contributed by atoms with Gasteiger partial charge >= 0.3 is 0 Å². The van der Waals surface area contributed by atoms with Crippen molar-refractivity contribution < 1.29 is 4.79 Å². The minimum absolute atomic E-state index is 0.247. The van der Waals surface area contributed by atoms with E-state index in [-0.39, 0.29) is 5.78 Å². The van der Waals surface area contributed by atoms with E-state index in [4.69, 9.17) is 0 Å². The van der Waals surface area contributed by atoms with Crippen molar-refractivity contribution in [3.63, 3.8) is 0 Å². The van der Waals surface area contributed by atoms with Crippen LogP contribution < -0.4 is 0 Å².